The molecule has 0 amide bonds. The second-order valence-corrected chi connectivity index (χ2v) is 3.97. The van der Waals surface area contributed by atoms with Crippen molar-refractivity contribution < 1.29 is 9.47 Å². The Morgan fingerprint density at radius 1 is 1.21 bits per heavy atom. The zero-order valence-electron chi connectivity index (χ0n) is 10.2. The fraction of sp³-hybridized carbons (Fsp3) is 0.154. The van der Waals surface area contributed by atoms with E-state index < -0.39 is 0 Å². The third-order valence-electron chi connectivity index (χ3n) is 2.85. The Kier molecular flexibility index (Phi) is 2.65. The molecule has 3 rings (SSSR count). The van der Waals surface area contributed by atoms with E-state index in [-0.39, 0.29) is 6.79 Å². The lowest BCUT2D eigenvalue weighted by Gasteiger charge is -2.18. The monoisotopic (exact) mass is 254 g/mol. The highest BCUT2D eigenvalue weighted by Gasteiger charge is 2.15. The summed E-state index contributed by atoms with van der Waals surface area (Å²) in [5.41, 5.74) is 1.23. The molecule has 2 aromatic rings. The number of aromatic nitrogens is 2. The molecule has 0 fully saturated rings. The summed E-state index contributed by atoms with van der Waals surface area (Å²) in [6.45, 7) is 0.245. The molecule has 0 atom stereocenters. The number of benzene rings is 1. The highest BCUT2D eigenvalue weighted by molar-refractivity contribution is 5.64. The Balaban J connectivity index is 1.95. The fourth-order valence-electron chi connectivity index (χ4n) is 1.82. The van der Waals surface area contributed by atoms with E-state index >= 15 is 0 Å². The van der Waals surface area contributed by atoms with E-state index in [0.717, 1.165) is 11.4 Å². The molecule has 0 N–H and O–H groups in total. The van der Waals surface area contributed by atoms with Crippen molar-refractivity contribution >= 4 is 11.5 Å². The second kappa shape index (κ2) is 4.46. The first-order chi connectivity index (χ1) is 9.28. The van der Waals surface area contributed by atoms with Crippen LogP contribution in [0.1, 0.15) is 5.69 Å². The first-order valence-electron chi connectivity index (χ1n) is 5.63. The molecule has 1 aliphatic heterocycles. The van der Waals surface area contributed by atoms with Crippen molar-refractivity contribution in [2.75, 3.05) is 18.7 Å². The van der Waals surface area contributed by atoms with Gasteiger partial charge < -0.3 is 14.4 Å². The van der Waals surface area contributed by atoms with Crippen LogP contribution in [0, 0.1) is 11.3 Å². The van der Waals surface area contributed by atoms with Crippen molar-refractivity contribution in [1.82, 2.24) is 9.97 Å². The Morgan fingerprint density at radius 2 is 2.05 bits per heavy atom. The molecule has 6 nitrogen and oxygen atoms in total. The standard InChI is InChI=1S/C13H10N4O2/c1-17(13-4-9(6-14)15-7-16-13)10-2-3-11-12(5-10)19-8-18-11/h2-5,7H,8H2,1H3. The van der Waals surface area contributed by atoms with Gasteiger partial charge in [-0.1, -0.05) is 0 Å². The third kappa shape index (κ3) is 2.02. The van der Waals surface area contributed by atoms with E-state index in [0.29, 0.717) is 17.3 Å². The van der Waals surface area contributed by atoms with Gasteiger partial charge in [-0.25, -0.2) is 9.97 Å². The van der Waals surface area contributed by atoms with Crippen molar-refractivity contribution in [3.05, 3.63) is 36.3 Å². The highest BCUT2D eigenvalue weighted by atomic mass is 16.7. The van der Waals surface area contributed by atoms with Gasteiger partial charge >= 0.3 is 0 Å². The second-order valence-electron chi connectivity index (χ2n) is 3.97. The molecule has 6 heteroatoms. The minimum atomic E-state index is 0.245. The number of nitriles is 1. The van der Waals surface area contributed by atoms with E-state index in [1.807, 2.05) is 36.2 Å². The zero-order chi connectivity index (χ0) is 13.2. The van der Waals surface area contributed by atoms with E-state index in [1.54, 1.807) is 6.07 Å². The summed E-state index contributed by atoms with van der Waals surface area (Å²) in [5.74, 6) is 2.09. The normalized spacial score (nSPS) is 12.0. The van der Waals surface area contributed by atoms with E-state index in [1.165, 1.54) is 6.33 Å². The van der Waals surface area contributed by atoms with E-state index in [4.69, 9.17) is 14.7 Å². The first-order valence-corrected chi connectivity index (χ1v) is 5.63. The highest BCUT2D eigenvalue weighted by Crippen LogP contribution is 2.36. The van der Waals surface area contributed by atoms with E-state index in [9.17, 15) is 0 Å². The van der Waals surface area contributed by atoms with Crippen LogP contribution in [0.15, 0.2) is 30.6 Å². The molecule has 94 valence electrons. The lowest BCUT2D eigenvalue weighted by Crippen LogP contribution is -2.11. The lowest BCUT2D eigenvalue weighted by atomic mass is 10.2. The van der Waals surface area contributed by atoms with Crippen LogP contribution in [-0.2, 0) is 0 Å². The van der Waals surface area contributed by atoms with Gasteiger partial charge in [0.25, 0.3) is 0 Å². The summed E-state index contributed by atoms with van der Waals surface area (Å²) in [6.07, 6.45) is 1.37. The predicted molar refractivity (Wildman–Crippen MR) is 67.4 cm³/mol. The summed E-state index contributed by atoms with van der Waals surface area (Å²) in [6, 6.07) is 9.25. The number of anilines is 2. The average Bonchev–Trinajstić information content (AvgIpc) is 2.94. The zero-order valence-corrected chi connectivity index (χ0v) is 10.2. The molecular formula is C13H10N4O2. The van der Waals surface area contributed by atoms with Crippen LogP contribution >= 0.6 is 0 Å². The maximum atomic E-state index is 8.85. The van der Waals surface area contributed by atoms with Crippen LogP contribution in [0.2, 0.25) is 0 Å². The van der Waals surface area contributed by atoms with Crippen molar-refractivity contribution in [2.24, 2.45) is 0 Å². The molecule has 1 aromatic carbocycles. The van der Waals surface area contributed by atoms with Gasteiger partial charge in [-0.2, -0.15) is 5.26 Å². The number of ether oxygens (including phenoxy) is 2. The Labute approximate surface area is 109 Å². The van der Waals surface area contributed by atoms with E-state index in [2.05, 4.69) is 9.97 Å². The van der Waals surface area contributed by atoms with Gasteiger partial charge in [0, 0.05) is 24.9 Å². The summed E-state index contributed by atoms with van der Waals surface area (Å²) >= 11 is 0. The Hall–Kier alpha value is -2.81. The van der Waals surface area contributed by atoms with Gasteiger partial charge in [0.15, 0.2) is 11.5 Å². The number of nitrogens with zero attached hydrogens (tertiary/aromatic N) is 4. The topological polar surface area (TPSA) is 71.3 Å². The first kappa shape index (κ1) is 11.3. The maximum Gasteiger partial charge on any atom is 0.231 e. The molecule has 0 radical (unpaired) electrons. The average molecular weight is 254 g/mol. The SMILES string of the molecule is CN(c1ccc2c(c1)OCO2)c1cc(C#N)ncn1. The molecule has 1 aromatic heterocycles. The molecule has 0 spiro atoms. The largest absolute Gasteiger partial charge is 0.454 e. The number of fused-ring (bicyclic) bond motifs is 1. The van der Waals surface area contributed by atoms with Gasteiger partial charge in [-0.15, -0.1) is 0 Å². The molecule has 1 aliphatic rings. The minimum absolute atomic E-state index is 0.245. The number of hydrogen-bond donors (Lipinski definition) is 0. The van der Waals surface area contributed by atoms with Gasteiger partial charge in [-0.05, 0) is 12.1 Å². The van der Waals surface area contributed by atoms with Gasteiger partial charge in [-0.3, -0.25) is 0 Å². The lowest BCUT2D eigenvalue weighted by molar-refractivity contribution is 0.174. The van der Waals surface area contributed by atoms with Crippen LogP contribution in [-0.4, -0.2) is 23.8 Å². The van der Waals surface area contributed by atoms with Crippen molar-refractivity contribution in [3.8, 4) is 17.6 Å². The summed E-state index contributed by atoms with van der Waals surface area (Å²) in [7, 11) is 1.86. The summed E-state index contributed by atoms with van der Waals surface area (Å²) in [5, 5.41) is 8.85. The van der Waals surface area contributed by atoms with Crippen molar-refractivity contribution in [2.45, 2.75) is 0 Å². The van der Waals surface area contributed by atoms with Crippen molar-refractivity contribution in [1.29, 1.82) is 5.26 Å². The van der Waals surface area contributed by atoms with Crippen LogP contribution in [0.3, 0.4) is 0 Å². The summed E-state index contributed by atoms with van der Waals surface area (Å²) in [4.78, 5) is 9.85. The van der Waals surface area contributed by atoms with Crippen LogP contribution in [0.25, 0.3) is 0 Å². The third-order valence-corrected chi connectivity index (χ3v) is 2.85. The Bertz CT molecular complexity index is 666. The van der Waals surface area contributed by atoms with Gasteiger partial charge in [0.05, 0.1) is 0 Å². The molecule has 2 heterocycles. The smallest absolute Gasteiger partial charge is 0.231 e. The number of rotatable bonds is 2. The molecule has 19 heavy (non-hydrogen) atoms. The predicted octanol–water partition coefficient (Wildman–Crippen LogP) is 1.84. The summed E-state index contributed by atoms with van der Waals surface area (Å²) < 4.78 is 10.6. The van der Waals surface area contributed by atoms with Crippen molar-refractivity contribution in [3.63, 3.8) is 0 Å². The van der Waals surface area contributed by atoms with Crippen LogP contribution in [0.4, 0.5) is 11.5 Å². The fourth-order valence-corrected chi connectivity index (χ4v) is 1.82. The molecule has 0 bridgehead atoms. The quantitative estimate of drug-likeness (QED) is 0.814. The Morgan fingerprint density at radius 3 is 2.89 bits per heavy atom. The van der Waals surface area contributed by atoms with Crippen LogP contribution in [0.5, 0.6) is 11.5 Å². The molecule has 0 saturated heterocycles. The van der Waals surface area contributed by atoms with Gasteiger partial charge in [0.1, 0.15) is 23.9 Å². The minimum Gasteiger partial charge on any atom is -0.454 e. The van der Waals surface area contributed by atoms with Crippen LogP contribution < -0.4 is 14.4 Å². The molecule has 0 unspecified atom stereocenters. The molecule has 0 saturated carbocycles. The number of hydrogen-bond acceptors (Lipinski definition) is 6. The molecule has 0 aliphatic carbocycles. The maximum absolute atomic E-state index is 8.85. The molecular weight excluding hydrogens is 244 g/mol. The van der Waals surface area contributed by atoms with Gasteiger partial charge in [0.2, 0.25) is 6.79 Å².